The molecular weight excluding hydrogens is 464 g/mol. The third-order valence-electron chi connectivity index (χ3n) is 7.10. The highest BCUT2D eigenvalue weighted by molar-refractivity contribution is 5.90. The highest BCUT2D eigenvalue weighted by Gasteiger charge is 2.41. The van der Waals surface area contributed by atoms with Crippen molar-refractivity contribution in [2.45, 2.75) is 31.0 Å². The maximum Gasteiger partial charge on any atom is 0.414 e. The number of benzene rings is 1. The smallest absolute Gasteiger partial charge is 0.414 e. The Bertz CT molecular complexity index is 1290. The first kappa shape index (κ1) is 22.7. The van der Waals surface area contributed by atoms with Crippen LogP contribution in [0.1, 0.15) is 19.3 Å². The van der Waals surface area contributed by atoms with Crippen molar-refractivity contribution in [1.29, 1.82) is 0 Å². The van der Waals surface area contributed by atoms with Gasteiger partial charge in [-0.05, 0) is 37.1 Å². The van der Waals surface area contributed by atoms with Gasteiger partial charge in [-0.3, -0.25) is 9.88 Å². The summed E-state index contributed by atoms with van der Waals surface area (Å²) in [6.45, 7) is 2.68. The number of pyridine rings is 2. The van der Waals surface area contributed by atoms with Crippen LogP contribution in [-0.4, -0.2) is 72.8 Å². The molecular formula is C26H28N4O6. The summed E-state index contributed by atoms with van der Waals surface area (Å²) >= 11 is 0. The van der Waals surface area contributed by atoms with Gasteiger partial charge in [0.1, 0.15) is 24.8 Å². The standard InChI is InChI=1S/C26H28N4O6/c1-33-23-5-3-19-24(28-23)20(6-9-27-19)29-10-7-26(32,8-11-29)15-18-16-30(25(31)36-18)17-2-4-21-22(14-17)35-13-12-34-21/h2-6,9,14,18,32H,7-8,10-13,15-16H2,1H3/t18-/m0/s1. The minimum absolute atomic E-state index is 0.378. The number of aliphatic hydroxyl groups is 1. The Balaban J connectivity index is 1.12. The molecule has 0 aliphatic carbocycles. The van der Waals surface area contributed by atoms with E-state index >= 15 is 0 Å². The van der Waals surface area contributed by atoms with Crippen molar-refractivity contribution < 1.29 is 28.8 Å². The molecule has 0 unspecified atom stereocenters. The van der Waals surface area contributed by atoms with E-state index in [1.54, 1.807) is 36.4 Å². The minimum Gasteiger partial charge on any atom is -0.486 e. The molecule has 188 valence electrons. The van der Waals surface area contributed by atoms with Gasteiger partial charge in [0.25, 0.3) is 0 Å². The summed E-state index contributed by atoms with van der Waals surface area (Å²) < 4.78 is 22.2. The number of cyclic esters (lactones) is 1. The first-order valence-corrected chi connectivity index (χ1v) is 12.2. The van der Waals surface area contributed by atoms with E-state index in [1.807, 2.05) is 18.2 Å². The summed E-state index contributed by atoms with van der Waals surface area (Å²) in [6, 6.07) is 11.1. The summed E-state index contributed by atoms with van der Waals surface area (Å²) in [5.41, 5.74) is 2.32. The number of amides is 1. The number of piperidine rings is 1. The van der Waals surface area contributed by atoms with Crippen LogP contribution in [0.4, 0.5) is 16.2 Å². The third kappa shape index (κ3) is 4.21. The molecule has 10 nitrogen and oxygen atoms in total. The molecule has 1 aromatic carbocycles. The fourth-order valence-electron chi connectivity index (χ4n) is 5.19. The highest BCUT2D eigenvalue weighted by atomic mass is 16.6. The lowest BCUT2D eigenvalue weighted by atomic mass is 9.85. The van der Waals surface area contributed by atoms with E-state index in [9.17, 15) is 9.90 Å². The number of rotatable bonds is 5. The fraction of sp³-hybridized carbons (Fsp3) is 0.423. The summed E-state index contributed by atoms with van der Waals surface area (Å²) in [6.07, 6.45) is 2.46. The number of aromatic nitrogens is 2. The van der Waals surface area contributed by atoms with Gasteiger partial charge in [-0.1, -0.05) is 0 Å². The number of carbonyl (C=O) groups excluding carboxylic acids is 1. The van der Waals surface area contributed by atoms with Crippen LogP contribution in [0.15, 0.2) is 42.6 Å². The Morgan fingerprint density at radius 2 is 1.92 bits per heavy atom. The first-order valence-electron chi connectivity index (χ1n) is 12.2. The number of methoxy groups -OCH3 is 1. The van der Waals surface area contributed by atoms with Crippen LogP contribution in [0.25, 0.3) is 11.0 Å². The zero-order valence-electron chi connectivity index (χ0n) is 20.1. The van der Waals surface area contributed by atoms with Crippen molar-refractivity contribution in [3.8, 4) is 17.4 Å². The van der Waals surface area contributed by atoms with Crippen LogP contribution in [0.2, 0.25) is 0 Å². The van der Waals surface area contributed by atoms with Gasteiger partial charge >= 0.3 is 6.09 Å². The molecule has 6 rings (SSSR count). The molecule has 0 radical (unpaired) electrons. The number of fused-ring (bicyclic) bond motifs is 2. The SMILES string of the molecule is COc1ccc2nccc(N3CCC(O)(C[C@H]4CN(c5ccc6c(c5)OCCO6)C(=O)O4)CC3)c2n1. The molecule has 3 aliphatic rings. The van der Waals surface area contributed by atoms with E-state index in [2.05, 4.69) is 14.9 Å². The first-order chi connectivity index (χ1) is 17.5. The van der Waals surface area contributed by atoms with Crippen LogP contribution >= 0.6 is 0 Å². The Hall–Kier alpha value is -3.79. The summed E-state index contributed by atoms with van der Waals surface area (Å²) in [4.78, 5) is 25.4. The molecule has 0 saturated carbocycles. The molecule has 2 fully saturated rings. The second kappa shape index (κ2) is 9.02. The van der Waals surface area contributed by atoms with E-state index < -0.39 is 17.8 Å². The number of hydrogen-bond acceptors (Lipinski definition) is 9. The monoisotopic (exact) mass is 492 g/mol. The topological polar surface area (TPSA) is 106 Å². The molecule has 10 heteroatoms. The summed E-state index contributed by atoms with van der Waals surface area (Å²) in [7, 11) is 1.59. The minimum atomic E-state index is -0.918. The van der Waals surface area contributed by atoms with Crippen LogP contribution in [0.3, 0.4) is 0 Å². The molecule has 1 amide bonds. The average molecular weight is 493 g/mol. The van der Waals surface area contributed by atoms with Gasteiger partial charge < -0.3 is 29.0 Å². The molecule has 0 bridgehead atoms. The van der Waals surface area contributed by atoms with Crippen LogP contribution in [0, 0.1) is 0 Å². The van der Waals surface area contributed by atoms with Crippen molar-refractivity contribution in [2.75, 3.05) is 49.8 Å². The second-order valence-corrected chi connectivity index (χ2v) is 9.41. The number of ether oxygens (including phenoxy) is 4. The third-order valence-corrected chi connectivity index (χ3v) is 7.10. The Kier molecular flexibility index (Phi) is 5.67. The van der Waals surface area contributed by atoms with Gasteiger partial charge in [-0.2, -0.15) is 0 Å². The number of nitrogens with zero attached hydrogens (tertiary/aromatic N) is 4. The van der Waals surface area contributed by atoms with E-state index in [0.29, 0.717) is 75.2 Å². The van der Waals surface area contributed by atoms with Crippen molar-refractivity contribution in [3.63, 3.8) is 0 Å². The second-order valence-electron chi connectivity index (χ2n) is 9.41. The van der Waals surface area contributed by atoms with Crippen LogP contribution in [0.5, 0.6) is 17.4 Å². The van der Waals surface area contributed by atoms with E-state index in [1.165, 1.54) is 0 Å². The molecule has 1 atom stereocenters. The van der Waals surface area contributed by atoms with Gasteiger partial charge in [-0.25, -0.2) is 9.78 Å². The summed E-state index contributed by atoms with van der Waals surface area (Å²) in [5, 5.41) is 11.4. The average Bonchev–Trinajstić information content (AvgIpc) is 3.27. The summed E-state index contributed by atoms with van der Waals surface area (Å²) in [5.74, 6) is 1.83. The zero-order valence-corrected chi connectivity index (χ0v) is 20.1. The molecule has 2 saturated heterocycles. The number of carbonyl (C=O) groups is 1. The predicted molar refractivity (Wildman–Crippen MR) is 132 cm³/mol. The fourth-order valence-corrected chi connectivity index (χ4v) is 5.19. The van der Waals surface area contributed by atoms with Crippen LogP contribution in [-0.2, 0) is 4.74 Å². The largest absolute Gasteiger partial charge is 0.486 e. The quantitative estimate of drug-likeness (QED) is 0.575. The lowest BCUT2D eigenvalue weighted by molar-refractivity contribution is -0.0220. The lowest BCUT2D eigenvalue weighted by Gasteiger charge is -2.40. The van der Waals surface area contributed by atoms with E-state index in [0.717, 1.165) is 16.7 Å². The van der Waals surface area contributed by atoms with E-state index in [4.69, 9.17) is 18.9 Å². The predicted octanol–water partition coefficient (Wildman–Crippen LogP) is 3.16. The van der Waals surface area contributed by atoms with Crippen LogP contribution < -0.4 is 24.0 Å². The maximum absolute atomic E-state index is 12.6. The lowest BCUT2D eigenvalue weighted by Crippen LogP contribution is -2.46. The molecule has 3 aromatic rings. The van der Waals surface area contributed by atoms with E-state index in [-0.39, 0.29) is 0 Å². The zero-order chi connectivity index (χ0) is 24.7. The van der Waals surface area contributed by atoms with Crippen molar-refractivity contribution in [1.82, 2.24) is 9.97 Å². The van der Waals surface area contributed by atoms with Gasteiger partial charge in [0, 0.05) is 37.8 Å². The Morgan fingerprint density at radius 3 is 2.72 bits per heavy atom. The van der Waals surface area contributed by atoms with Gasteiger partial charge in [0.15, 0.2) is 11.5 Å². The molecule has 36 heavy (non-hydrogen) atoms. The van der Waals surface area contributed by atoms with Gasteiger partial charge in [0.05, 0.1) is 36.1 Å². The highest BCUT2D eigenvalue weighted by Crippen LogP contribution is 2.38. The van der Waals surface area contributed by atoms with Crippen molar-refractivity contribution in [3.05, 3.63) is 42.6 Å². The normalized spacial score (nSPS) is 20.9. The van der Waals surface area contributed by atoms with Crippen molar-refractivity contribution >= 4 is 28.5 Å². The maximum atomic E-state index is 12.6. The molecule has 5 heterocycles. The van der Waals surface area contributed by atoms with Gasteiger partial charge in [0.2, 0.25) is 5.88 Å². The number of anilines is 2. The Labute approximate surface area is 208 Å². The van der Waals surface area contributed by atoms with Crippen molar-refractivity contribution in [2.24, 2.45) is 0 Å². The number of hydrogen-bond donors (Lipinski definition) is 1. The molecule has 2 aromatic heterocycles. The van der Waals surface area contributed by atoms with Gasteiger partial charge in [-0.15, -0.1) is 0 Å². The molecule has 3 aliphatic heterocycles. The Morgan fingerprint density at radius 1 is 1.11 bits per heavy atom. The molecule has 1 N–H and O–H groups in total. The molecule has 0 spiro atoms.